The molecule has 0 saturated carbocycles. The van der Waals surface area contributed by atoms with Crippen LogP contribution in [0.4, 0.5) is 0 Å². The standard InChI is InChI=1S/C7H8BClO/c1-10-7-4-5(8)2-3-6(7)9/h2-4H,8H2,1H3. The van der Waals surface area contributed by atoms with E-state index in [9.17, 15) is 0 Å². The van der Waals surface area contributed by atoms with E-state index in [1.165, 1.54) is 0 Å². The van der Waals surface area contributed by atoms with Crippen LogP contribution in [-0.2, 0) is 0 Å². The summed E-state index contributed by atoms with van der Waals surface area (Å²) in [6.07, 6.45) is 0. The van der Waals surface area contributed by atoms with Crippen molar-refractivity contribution in [3.05, 3.63) is 23.2 Å². The highest BCUT2D eigenvalue weighted by Gasteiger charge is 1.97. The lowest BCUT2D eigenvalue weighted by Crippen LogP contribution is -2.01. The van der Waals surface area contributed by atoms with Crippen molar-refractivity contribution >= 4 is 24.9 Å². The topological polar surface area (TPSA) is 9.23 Å². The van der Waals surface area contributed by atoms with Crippen LogP contribution < -0.4 is 10.2 Å². The summed E-state index contributed by atoms with van der Waals surface area (Å²) in [5.41, 5.74) is 1.15. The molecular weight excluding hydrogens is 146 g/mol. The summed E-state index contributed by atoms with van der Waals surface area (Å²) < 4.78 is 4.99. The lowest BCUT2D eigenvalue weighted by Gasteiger charge is -2.02. The van der Waals surface area contributed by atoms with E-state index in [2.05, 4.69) is 0 Å². The molecule has 52 valence electrons. The molecule has 0 aliphatic rings. The first-order valence-electron chi connectivity index (χ1n) is 3.04. The average Bonchev–Trinajstić information content (AvgIpc) is 1.94. The summed E-state index contributed by atoms with van der Waals surface area (Å²) in [4.78, 5) is 0. The number of ether oxygens (including phenoxy) is 1. The Morgan fingerprint density at radius 3 is 2.70 bits per heavy atom. The molecule has 0 aliphatic carbocycles. The largest absolute Gasteiger partial charge is 0.495 e. The fraction of sp³-hybridized carbons (Fsp3) is 0.143. The van der Waals surface area contributed by atoms with Crippen molar-refractivity contribution < 1.29 is 4.74 Å². The zero-order valence-corrected chi connectivity index (χ0v) is 6.77. The summed E-state index contributed by atoms with van der Waals surface area (Å²) in [5, 5.41) is 0.660. The van der Waals surface area contributed by atoms with Crippen LogP contribution in [0, 0.1) is 0 Å². The monoisotopic (exact) mass is 154 g/mol. The van der Waals surface area contributed by atoms with Gasteiger partial charge in [0, 0.05) is 0 Å². The molecule has 0 spiro atoms. The van der Waals surface area contributed by atoms with E-state index in [-0.39, 0.29) is 0 Å². The minimum atomic E-state index is 0.660. The number of hydrogen-bond donors (Lipinski definition) is 0. The summed E-state index contributed by atoms with van der Waals surface area (Å²) in [7, 11) is 3.61. The van der Waals surface area contributed by atoms with E-state index >= 15 is 0 Å². The van der Waals surface area contributed by atoms with Crippen molar-refractivity contribution in [1.82, 2.24) is 0 Å². The number of methoxy groups -OCH3 is 1. The molecule has 1 aromatic rings. The van der Waals surface area contributed by atoms with Crippen LogP contribution in [0.5, 0.6) is 5.75 Å². The molecule has 10 heavy (non-hydrogen) atoms. The van der Waals surface area contributed by atoms with Crippen LogP contribution in [0.25, 0.3) is 0 Å². The summed E-state index contributed by atoms with van der Waals surface area (Å²) in [6.45, 7) is 0. The first-order chi connectivity index (χ1) is 4.74. The van der Waals surface area contributed by atoms with Gasteiger partial charge >= 0.3 is 0 Å². The normalized spacial score (nSPS) is 9.40. The Kier molecular flexibility index (Phi) is 2.23. The van der Waals surface area contributed by atoms with Gasteiger partial charge in [0.1, 0.15) is 13.6 Å². The van der Waals surface area contributed by atoms with Crippen LogP contribution in [0.1, 0.15) is 0 Å². The average molecular weight is 154 g/mol. The highest BCUT2D eigenvalue weighted by molar-refractivity contribution is 6.35. The smallest absolute Gasteiger partial charge is 0.139 e. The third kappa shape index (κ3) is 1.45. The molecule has 0 aromatic heterocycles. The molecule has 0 bridgehead atoms. The molecule has 1 rings (SSSR count). The summed E-state index contributed by atoms with van der Waals surface area (Å²) >= 11 is 5.77. The first-order valence-corrected chi connectivity index (χ1v) is 3.42. The van der Waals surface area contributed by atoms with Gasteiger partial charge in [-0.15, -0.1) is 0 Å². The maximum Gasteiger partial charge on any atom is 0.139 e. The molecule has 0 radical (unpaired) electrons. The molecule has 0 atom stereocenters. The van der Waals surface area contributed by atoms with E-state index in [1.54, 1.807) is 7.11 Å². The fourth-order valence-electron chi connectivity index (χ4n) is 0.767. The van der Waals surface area contributed by atoms with Crippen LogP contribution in [0.3, 0.4) is 0 Å². The van der Waals surface area contributed by atoms with Gasteiger partial charge in [-0.25, -0.2) is 0 Å². The second kappa shape index (κ2) is 2.97. The van der Waals surface area contributed by atoms with Crippen molar-refractivity contribution in [2.45, 2.75) is 0 Å². The molecule has 0 heterocycles. The van der Waals surface area contributed by atoms with E-state index in [0.717, 1.165) is 11.2 Å². The predicted molar refractivity (Wildman–Crippen MR) is 46.2 cm³/mol. The minimum Gasteiger partial charge on any atom is -0.495 e. The van der Waals surface area contributed by atoms with Crippen LogP contribution in [0.15, 0.2) is 18.2 Å². The van der Waals surface area contributed by atoms with Crippen molar-refractivity contribution in [3.8, 4) is 5.75 Å². The van der Waals surface area contributed by atoms with Gasteiger partial charge in [-0.3, -0.25) is 0 Å². The predicted octanol–water partition coefficient (Wildman–Crippen LogP) is 0.607. The lowest BCUT2D eigenvalue weighted by molar-refractivity contribution is 0.415. The molecule has 0 N–H and O–H groups in total. The van der Waals surface area contributed by atoms with Crippen LogP contribution in [-0.4, -0.2) is 15.0 Å². The Balaban J connectivity index is 3.09. The van der Waals surface area contributed by atoms with Gasteiger partial charge in [-0.05, 0) is 12.1 Å². The highest BCUT2D eigenvalue weighted by Crippen LogP contribution is 2.20. The molecule has 1 aromatic carbocycles. The van der Waals surface area contributed by atoms with Crippen molar-refractivity contribution in [2.75, 3.05) is 7.11 Å². The third-order valence-electron chi connectivity index (χ3n) is 1.31. The number of benzene rings is 1. The molecule has 0 fully saturated rings. The zero-order valence-electron chi connectivity index (χ0n) is 6.02. The summed E-state index contributed by atoms with van der Waals surface area (Å²) in [5.74, 6) is 0.738. The molecule has 1 nitrogen and oxygen atoms in total. The van der Waals surface area contributed by atoms with Crippen LogP contribution in [0.2, 0.25) is 5.02 Å². The molecule has 0 unspecified atom stereocenters. The van der Waals surface area contributed by atoms with Gasteiger partial charge in [0.25, 0.3) is 0 Å². The number of rotatable bonds is 1. The van der Waals surface area contributed by atoms with Crippen LogP contribution >= 0.6 is 11.6 Å². The zero-order chi connectivity index (χ0) is 7.56. The van der Waals surface area contributed by atoms with Gasteiger partial charge in [0.05, 0.1) is 12.1 Å². The quantitative estimate of drug-likeness (QED) is 0.539. The van der Waals surface area contributed by atoms with Gasteiger partial charge in [0.15, 0.2) is 0 Å². The van der Waals surface area contributed by atoms with Gasteiger partial charge in [-0.1, -0.05) is 23.1 Å². The number of hydrogen-bond acceptors (Lipinski definition) is 1. The Morgan fingerprint density at radius 1 is 1.50 bits per heavy atom. The maximum absolute atomic E-state index is 5.77. The molecule has 0 amide bonds. The molecular formula is C7H8BClO. The van der Waals surface area contributed by atoms with Gasteiger partial charge in [-0.2, -0.15) is 0 Å². The van der Waals surface area contributed by atoms with Gasteiger partial charge < -0.3 is 4.74 Å². The summed E-state index contributed by atoms with van der Waals surface area (Å²) in [6, 6.07) is 5.68. The Labute approximate surface area is 66.4 Å². The Morgan fingerprint density at radius 2 is 2.20 bits per heavy atom. The van der Waals surface area contributed by atoms with E-state index in [4.69, 9.17) is 16.3 Å². The highest BCUT2D eigenvalue weighted by atomic mass is 35.5. The molecule has 3 heteroatoms. The van der Waals surface area contributed by atoms with E-state index < -0.39 is 0 Å². The molecule has 0 aliphatic heterocycles. The van der Waals surface area contributed by atoms with Crippen molar-refractivity contribution in [3.63, 3.8) is 0 Å². The van der Waals surface area contributed by atoms with E-state index in [1.807, 2.05) is 26.0 Å². The Bertz CT molecular complexity index is 237. The first kappa shape index (κ1) is 7.48. The Hall–Kier alpha value is -0.625. The fourth-order valence-corrected chi connectivity index (χ4v) is 0.962. The minimum absolute atomic E-state index is 0.660. The van der Waals surface area contributed by atoms with Crippen molar-refractivity contribution in [1.29, 1.82) is 0 Å². The van der Waals surface area contributed by atoms with Crippen molar-refractivity contribution in [2.24, 2.45) is 0 Å². The maximum atomic E-state index is 5.77. The third-order valence-corrected chi connectivity index (χ3v) is 1.62. The lowest BCUT2D eigenvalue weighted by atomic mass is 9.96. The SMILES string of the molecule is Bc1ccc(Cl)c(OC)c1. The second-order valence-corrected chi connectivity index (χ2v) is 2.55. The van der Waals surface area contributed by atoms with E-state index in [0.29, 0.717) is 5.02 Å². The van der Waals surface area contributed by atoms with Gasteiger partial charge in [0.2, 0.25) is 0 Å². The number of halogens is 1. The second-order valence-electron chi connectivity index (χ2n) is 2.14. The molecule has 0 saturated heterocycles.